The van der Waals surface area contributed by atoms with Crippen LogP contribution in [0.15, 0.2) is 85.3 Å². The Kier molecular flexibility index (Phi) is 9.34. The molecule has 0 bridgehead atoms. The monoisotopic (exact) mass is 524 g/mol. The average Bonchev–Trinajstić information content (AvgIpc) is 3.56. The first kappa shape index (κ1) is 28.6. The van der Waals surface area contributed by atoms with E-state index in [0.29, 0.717) is 10.8 Å². The van der Waals surface area contributed by atoms with Crippen LogP contribution in [0.25, 0.3) is 16.8 Å². The molecule has 9 heteroatoms. The number of hydrogen-bond acceptors (Lipinski definition) is 5. The van der Waals surface area contributed by atoms with Crippen LogP contribution in [0.2, 0.25) is 5.02 Å². The van der Waals surface area contributed by atoms with Crippen molar-refractivity contribution < 1.29 is 49.4 Å². The number of benzene rings is 3. The average molecular weight is 525 g/mol. The second-order valence-electron chi connectivity index (χ2n) is 8.65. The van der Waals surface area contributed by atoms with Crippen molar-refractivity contribution in [3.05, 3.63) is 101 Å². The molecule has 1 saturated carbocycles. The van der Waals surface area contributed by atoms with Crippen molar-refractivity contribution in [2.75, 3.05) is 5.32 Å². The quantitative estimate of drug-likeness (QED) is 0.294. The van der Waals surface area contributed by atoms with Gasteiger partial charge in [-0.3, -0.25) is 16.2 Å². The van der Waals surface area contributed by atoms with Crippen LogP contribution in [-0.2, 0) is 14.9 Å². The Morgan fingerprint density at radius 2 is 1.68 bits per heavy atom. The summed E-state index contributed by atoms with van der Waals surface area (Å²) >= 11 is 6.20. The molecule has 1 aromatic heterocycles. The summed E-state index contributed by atoms with van der Waals surface area (Å²) in [5.74, 6) is 0.485. The minimum absolute atomic E-state index is 0. The predicted molar refractivity (Wildman–Crippen MR) is 138 cm³/mol. The molecule has 4 aromatic rings. The van der Waals surface area contributed by atoms with E-state index in [-0.39, 0.29) is 40.4 Å². The van der Waals surface area contributed by atoms with Crippen LogP contribution in [0, 0.1) is 0 Å². The molecule has 0 radical (unpaired) electrons. The summed E-state index contributed by atoms with van der Waals surface area (Å²) in [6.45, 7) is 1.77. The number of nitrogens with one attached hydrogen (secondary N) is 1. The molecule has 1 amide bonds. The summed E-state index contributed by atoms with van der Waals surface area (Å²) in [4.78, 5) is 27.9. The third-order valence-electron chi connectivity index (χ3n) is 6.36. The molecule has 7 nitrogen and oxygen atoms in total. The maximum atomic E-state index is 12.5. The summed E-state index contributed by atoms with van der Waals surface area (Å²) in [5, 5.41) is 3.30. The van der Waals surface area contributed by atoms with Gasteiger partial charge in [0.25, 0.3) is 0 Å². The van der Waals surface area contributed by atoms with Gasteiger partial charge < -0.3 is 15.0 Å². The van der Waals surface area contributed by atoms with Crippen molar-refractivity contribution in [2.24, 2.45) is 0 Å². The third-order valence-corrected chi connectivity index (χ3v) is 6.70. The molecule has 2 N–H and O–H groups in total. The van der Waals surface area contributed by atoms with Crippen molar-refractivity contribution >= 4 is 29.8 Å². The van der Waals surface area contributed by atoms with Gasteiger partial charge in [0.2, 0.25) is 0 Å². The van der Waals surface area contributed by atoms with Crippen molar-refractivity contribution in [1.82, 2.24) is 9.55 Å². The number of rotatable bonds is 7. The van der Waals surface area contributed by atoms with E-state index in [1.54, 1.807) is 30.1 Å². The number of carbonyl (C=O) groups excluding carboxylic acids is 2. The number of nitrogens with zero attached hydrogens (tertiary/aromatic N) is 2. The minimum Gasteiger partial charge on any atom is -0.870 e. The van der Waals surface area contributed by atoms with Crippen LogP contribution in [0.4, 0.5) is 10.6 Å². The molecular formula is C28H24ClN3NaO4-. The van der Waals surface area contributed by atoms with E-state index in [2.05, 4.69) is 16.6 Å². The van der Waals surface area contributed by atoms with Crippen LogP contribution >= 0.6 is 11.6 Å². The molecule has 0 spiro atoms. The zero-order valence-electron chi connectivity index (χ0n) is 20.5. The molecule has 0 saturated heterocycles. The number of carbonyl (C=O) groups is 1. The maximum absolute atomic E-state index is 12.5. The molecule has 0 aliphatic heterocycles. The SMILES string of the molecule is C[C@@H](OC(=O)Nc1cncn1-c1ccc(-c2ccc(C3([C-]=O)CC3)cc2)cc1)c1ccccc1Cl.[Na+].[OH-]. The van der Waals surface area contributed by atoms with E-state index >= 15 is 0 Å². The van der Waals surface area contributed by atoms with E-state index in [1.807, 2.05) is 66.7 Å². The Morgan fingerprint density at radius 3 is 2.27 bits per heavy atom. The van der Waals surface area contributed by atoms with E-state index in [0.717, 1.165) is 40.8 Å². The summed E-state index contributed by atoms with van der Waals surface area (Å²) in [6.07, 6.45) is 6.01. The Bertz CT molecular complexity index is 1370. The maximum Gasteiger partial charge on any atom is 1.00 e. The number of hydrogen-bond donors (Lipinski definition) is 1. The normalized spacial score (nSPS) is 13.9. The largest absolute Gasteiger partial charge is 1.00 e. The minimum atomic E-state index is -0.600. The van der Waals surface area contributed by atoms with Crippen molar-refractivity contribution in [3.63, 3.8) is 0 Å². The molecular weight excluding hydrogens is 501 g/mol. The summed E-state index contributed by atoms with van der Waals surface area (Å²) < 4.78 is 7.27. The number of ether oxygens (including phenoxy) is 1. The van der Waals surface area contributed by atoms with Gasteiger partial charge in [-0.15, -0.1) is 5.41 Å². The molecule has 3 aromatic carbocycles. The Morgan fingerprint density at radius 1 is 1.05 bits per heavy atom. The number of amides is 1. The van der Waals surface area contributed by atoms with Gasteiger partial charge in [-0.2, -0.15) is 0 Å². The summed E-state index contributed by atoms with van der Waals surface area (Å²) in [7, 11) is 0. The van der Waals surface area contributed by atoms with Crippen LogP contribution in [0.1, 0.15) is 37.0 Å². The van der Waals surface area contributed by atoms with Gasteiger partial charge >= 0.3 is 35.7 Å². The van der Waals surface area contributed by atoms with Gasteiger partial charge in [0, 0.05) is 16.3 Å². The fourth-order valence-electron chi connectivity index (χ4n) is 4.13. The first-order valence-electron chi connectivity index (χ1n) is 11.3. The van der Waals surface area contributed by atoms with E-state index < -0.39 is 12.2 Å². The van der Waals surface area contributed by atoms with Crippen molar-refractivity contribution in [1.29, 1.82) is 0 Å². The Hall–Kier alpha value is -2.94. The van der Waals surface area contributed by atoms with Crippen molar-refractivity contribution in [3.8, 4) is 16.8 Å². The van der Waals surface area contributed by atoms with E-state index in [9.17, 15) is 9.59 Å². The molecule has 0 unspecified atom stereocenters. The number of halogens is 1. The predicted octanol–water partition coefficient (Wildman–Crippen LogP) is 3.47. The topological polar surface area (TPSA) is 103 Å². The molecule has 1 heterocycles. The Labute approximate surface area is 242 Å². The molecule has 1 atom stereocenters. The Balaban J connectivity index is 0.00000190. The van der Waals surface area contributed by atoms with Crippen LogP contribution in [0.5, 0.6) is 0 Å². The smallest absolute Gasteiger partial charge is 0.870 e. The first-order valence-corrected chi connectivity index (χ1v) is 11.7. The van der Waals surface area contributed by atoms with Gasteiger partial charge in [0.1, 0.15) is 18.2 Å². The van der Waals surface area contributed by atoms with Crippen LogP contribution < -0.4 is 34.9 Å². The second-order valence-corrected chi connectivity index (χ2v) is 9.06. The van der Waals surface area contributed by atoms with Gasteiger partial charge in [-0.1, -0.05) is 84.6 Å². The molecule has 5 rings (SSSR count). The molecule has 184 valence electrons. The van der Waals surface area contributed by atoms with Gasteiger partial charge in [-0.05, 0) is 36.2 Å². The van der Waals surface area contributed by atoms with E-state index in [1.165, 1.54) is 0 Å². The first-order chi connectivity index (χ1) is 17.0. The fraction of sp³-hybridized carbons (Fsp3) is 0.179. The van der Waals surface area contributed by atoms with Gasteiger partial charge in [-0.25, -0.2) is 9.78 Å². The van der Waals surface area contributed by atoms with Crippen LogP contribution in [0.3, 0.4) is 0 Å². The number of imidazole rings is 1. The fourth-order valence-corrected chi connectivity index (χ4v) is 4.42. The second kappa shape index (κ2) is 12.1. The van der Waals surface area contributed by atoms with Crippen LogP contribution in [-0.4, -0.2) is 27.4 Å². The standard InChI is InChI=1S/C28H23ClN3O3.Na.H2O/c1-19(24-4-2-3-5-25(24)29)35-27(34)31-26-16-30-18-32(26)23-12-8-21(9-13-23)20-6-10-22(11-7-20)28(17-33)14-15-28;;/h2-13,16,18-19H,14-15H2,1H3,(H,31,34);;1H2/q-1;+1;/p-1/t19-;;/m1../s1. The molecule has 1 aliphatic carbocycles. The zero-order chi connectivity index (χ0) is 24.4. The third kappa shape index (κ3) is 6.14. The number of aromatic nitrogens is 2. The summed E-state index contributed by atoms with van der Waals surface area (Å²) in [6, 6.07) is 23.2. The summed E-state index contributed by atoms with van der Waals surface area (Å²) in [5.41, 5.74) is 4.31. The molecule has 1 fully saturated rings. The molecule has 1 aliphatic rings. The number of anilines is 1. The van der Waals surface area contributed by atoms with Crippen molar-refractivity contribution in [2.45, 2.75) is 31.3 Å². The van der Waals surface area contributed by atoms with E-state index in [4.69, 9.17) is 16.3 Å². The van der Waals surface area contributed by atoms with Gasteiger partial charge in [0.05, 0.1) is 6.20 Å². The van der Waals surface area contributed by atoms with Gasteiger partial charge in [0.15, 0.2) is 0 Å². The zero-order valence-corrected chi connectivity index (χ0v) is 23.3. The molecule has 37 heavy (non-hydrogen) atoms.